The van der Waals surface area contributed by atoms with Gasteiger partial charge in [0.15, 0.2) is 5.01 Å². The van der Waals surface area contributed by atoms with Crippen molar-refractivity contribution in [3.63, 3.8) is 0 Å². The second kappa shape index (κ2) is 9.78. The zero-order chi connectivity index (χ0) is 26.3. The molecule has 1 N–H and O–H groups in total. The Hall–Kier alpha value is -3.04. The highest BCUT2D eigenvalue weighted by molar-refractivity contribution is 7.89. The number of rotatable bonds is 6. The highest BCUT2D eigenvalue weighted by atomic mass is 32.2. The van der Waals surface area contributed by atoms with E-state index in [9.17, 15) is 35.2 Å². The standard InChI is InChI=1S/C21H18F5N5O3S2/c1-11-15(23)7-17(31(11)36(33,34)14-4-2-12(22)3-5-14)19(32)27-8-13-6-16(30-10-29-13)18-9-28-20(35-18)21(24,25)26/h2-6,9-11,15,17H,7-8H2,1H3,(H,27,32). The third-order valence-corrected chi connectivity index (χ3v) is 8.61. The van der Waals surface area contributed by atoms with Crippen molar-refractivity contribution >= 4 is 27.3 Å². The maximum atomic E-state index is 14.5. The second-order valence-electron chi connectivity index (χ2n) is 7.94. The monoisotopic (exact) mass is 547 g/mol. The average Bonchev–Trinajstić information content (AvgIpc) is 3.44. The number of halogens is 5. The van der Waals surface area contributed by atoms with Crippen molar-refractivity contribution in [2.24, 2.45) is 0 Å². The summed E-state index contributed by atoms with van der Waals surface area (Å²) in [6.07, 6.45) is -4.47. The number of nitrogens with zero attached hydrogens (tertiary/aromatic N) is 4. The van der Waals surface area contributed by atoms with E-state index in [0.717, 1.165) is 41.1 Å². The van der Waals surface area contributed by atoms with Crippen LogP contribution in [0.2, 0.25) is 0 Å². The molecule has 1 aromatic carbocycles. The number of thiazole rings is 1. The summed E-state index contributed by atoms with van der Waals surface area (Å²) in [4.78, 5) is 24.0. The normalized spacial score (nSPS) is 21.0. The lowest BCUT2D eigenvalue weighted by Crippen LogP contribution is -2.48. The van der Waals surface area contributed by atoms with Crippen molar-refractivity contribution in [2.75, 3.05) is 0 Å². The Bertz CT molecular complexity index is 1360. The Kier molecular flexibility index (Phi) is 7.07. The van der Waals surface area contributed by atoms with Gasteiger partial charge in [-0.1, -0.05) is 0 Å². The first-order valence-corrected chi connectivity index (χ1v) is 12.7. The topological polar surface area (TPSA) is 105 Å². The van der Waals surface area contributed by atoms with Gasteiger partial charge in [-0.25, -0.2) is 32.2 Å². The number of hydrogen-bond acceptors (Lipinski definition) is 7. The predicted octanol–water partition coefficient (Wildman–Crippen LogP) is 3.56. The van der Waals surface area contributed by atoms with E-state index in [2.05, 4.69) is 20.3 Å². The quantitative estimate of drug-likeness (QED) is 0.474. The van der Waals surface area contributed by atoms with E-state index in [0.29, 0.717) is 11.3 Å². The van der Waals surface area contributed by atoms with Crippen LogP contribution >= 0.6 is 11.3 Å². The smallest absolute Gasteiger partial charge is 0.349 e. The molecule has 0 saturated carbocycles. The summed E-state index contributed by atoms with van der Waals surface area (Å²) in [7, 11) is -4.32. The van der Waals surface area contributed by atoms with Crippen LogP contribution < -0.4 is 5.32 Å². The first-order chi connectivity index (χ1) is 16.9. The van der Waals surface area contributed by atoms with Gasteiger partial charge in [-0.2, -0.15) is 17.5 Å². The third-order valence-electron chi connectivity index (χ3n) is 5.54. The van der Waals surface area contributed by atoms with Gasteiger partial charge in [0.2, 0.25) is 15.9 Å². The molecule has 1 amide bonds. The summed E-state index contributed by atoms with van der Waals surface area (Å²) >= 11 is 0.396. The molecule has 3 atom stereocenters. The number of carbonyl (C=O) groups is 1. The van der Waals surface area contributed by atoms with Crippen LogP contribution in [0.3, 0.4) is 0 Å². The van der Waals surface area contributed by atoms with E-state index >= 15 is 0 Å². The largest absolute Gasteiger partial charge is 0.443 e. The summed E-state index contributed by atoms with van der Waals surface area (Å²) in [5.74, 6) is -1.44. The molecule has 3 heterocycles. The van der Waals surface area contributed by atoms with Crippen molar-refractivity contribution in [2.45, 2.75) is 49.2 Å². The molecule has 2 aromatic heterocycles. The molecule has 1 saturated heterocycles. The molecule has 1 aliphatic heterocycles. The highest BCUT2D eigenvalue weighted by Gasteiger charge is 2.49. The number of benzene rings is 1. The van der Waals surface area contributed by atoms with E-state index in [-0.39, 0.29) is 34.1 Å². The van der Waals surface area contributed by atoms with Crippen molar-refractivity contribution in [3.8, 4) is 10.6 Å². The Morgan fingerprint density at radius 1 is 1.19 bits per heavy atom. The van der Waals surface area contributed by atoms with Crippen LogP contribution in [-0.2, 0) is 27.5 Å². The molecule has 1 aliphatic rings. The molecule has 1 fully saturated rings. The molecule has 8 nitrogen and oxygen atoms in total. The Balaban J connectivity index is 1.50. The Morgan fingerprint density at radius 3 is 2.53 bits per heavy atom. The fraction of sp³-hybridized carbons (Fsp3) is 0.333. The van der Waals surface area contributed by atoms with Crippen LogP contribution in [-0.4, -0.2) is 51.8 Å². The van der Waals surface area contributed by atoms with Crippen molar-refractivity contribution in [1.82, 2.24) is 24.6 Å². The fourth-order valence-electron chi connectivity index (χ4n) is 3.74. The molecule has 0 aliphatic carbocycles. The Labute approximate surface area is 206 Å². The van der Waals surface area contributed by atoms with Gasteiger partial charge < -0.3 is 5.32 Å². The lowest BCUT2D eigenvalue weighted by molar-refractivity contribution is -0.137. The molecule has 15 heteroatoms. The van der Waals surface area contributed by atoms with Crippen LogP contribution in [0.4, 0.5) is 22.0 Å². The number of hydrogen-bond donors (Lipinski definition) is 1. The maximum Gasteiger partial charge on any atom is 0.443 e. The number of nitrogens with one attached hydrogen (secondary N) is 1. The molecular formula is C21H18F5N5O3S2. The summed E-state index contributed by atoms with van der Waals surface area (Å²) in [6, 6.07) is 2.80. The summed E-state index contributed by atoms with van der Waals surface area (Å²) in [5, 5.41) is 1.46. The second-order valence-corrected chi connectivity index (χ2v) is 10.8. The van der Waals surface area contributed by atoms with Gasteiger partial charge in [-0.15, -0.1) is 11.3 Å². The minimum atomic E-state index is -4.60. The number of amides is 1. The molecule has 192 valence electrons. The van der Waals surface area contributed by atoms with Gasteiger partial charge in [0.05, 0.1) is 33.7 Å². The highest BCUT2D eigenvalue weighted by Crippen LogP contribution is 2.36. The van der Waals surface area contributed by atoms with Crippen molar-refractivity contribution in [3.05, 3.63) is 59.4 Å². The maximum absolute atomic E-state index is 14.5. The zero-order valence-electron chi connectivity index (χ0n) is 18.4. The minimum absolute atomic E-state index is 0.138. The first kappa shape index (κ1) is 26.0. The van der Waals surface area contributed by atoms with Crippen LogP contribution in [0.15, 0.2) is 47.8 Å². The van der Waals surface area contributed by atoms with E-state index in [1.807, 2.05) is 0 Å². The molecular weight excluding hydrogens is 529 g/mol. The predicted molar refractivity (Wildman–Crippen MR) is 118 cm³/mol. The molecule has 0 bridgehead atoms. The Morgan fingerprint density at radius 2 is 1.89 bits per heavy atom. The summed E-state index contributed by atoms with van der Waals surface area (Å²) in [6.45, 7) is 1.12. The zero-order valence-corrected chi connectivity index (χ0v) is 20.0. The van der Waals surface area contributed by atoms with Crippen LogP contribution in [0.5, 0.6) is 0 Å². The SMILES string of the molecule is CC1C(F)CC(C(=O)NCc2cc(-c3cnc(C(F)(F)F)s3)ncn2)N1S(=O)(=O)c1ccc(F)cc1. The van der Waals surface area contributed by atoms with Gasteiger partial charge in [-0.3, -0.25) is 4.79 Å². The van der Waals surface area contributed by atoms with Crippen molar-refractivity contribution in [1.29, 1.82) is 0 Å². The lowest BCUT2D eigenvalue weighted by atomic mass is 10.1. The fourth-order valence-corrected chi connectivity index (χ4v) is 6.30. The van der Waals surface area contributed by atoms with Crippen LogP contribution in [0.25, 0.3) is 10.6 Å². The first-order valence-electron chi connectivity index (χ1n) is 10.4. The third kappa shape index (κ3) is 5.22. The van der Waals surface area contributed by atoms with E-state index < -0.39 is 51.2 Å². The van der Waals surface area contributed by atoms with Crippen LogP contribution in [0, 0.1) is 5.82 Å². The van der Waals surface area contributed by atoms with Gasteiger partial charge in [0.1, 0.15) is 24.4 Å². The lowest BCUT2D eigenvalue weighted by Gasteiger charge is -2.26. The van der Waals surface area contributed by atoms with E-state index in [1.54, 1.807) is 0 Å². The number of alkyl halides is 4. The van der Waals surface area contributed by atoms with Gasteiger partial charge in [0.25, 0.3) is 0 Å². The molecule has 3 aromatic rings. The molecule has 36 heavy (non-hydrogen) atoms. The van der Waals surface area contributed by atoms with E-state index in [4.69, 9.17) is 0 Å². The minimum Gasteiger partial charge on any atom is -0.349 e. The average molecular weight is 548 g/mol. The number of aromatic nitrogens is 3. The van der Waals surface area contributed by atoms with Crippen LogP contribution in [0.1, 0.15) is 24.0 Å². The molecule has 4 rings (SSSR count). The molecule has 0 radical (unpaired) electrons. The van der Waals surface area contributed by atoms with E-state index in [1.165, 1.54) is 13.0 Å². The number of sulfonamides is 1. The summed E-state index contributed by atoms with van der Waals surface area (Å²) in [5.41, 5.74) is 0.382. The van der Waals surface area contributed by atoms with Crippen molar-refractivity contribution < 1.29 is 35.2 Å². The number of carbonyl (C=O) groups excluding carboxylic acids is 1. The van der Waals surface area contributed by atoms with Gasteiger partial charge in [-0.05, 0) is 37.3 Å². The molecule has 0 spiro atoms. The van der Waals surface area contributed by atoms with Gasteiger partial charge >= 0.3 is 6.18 Å². The molecule has 3 unspecified atom stereocenters. The van der Waals surface area contributed by atoms with Gasteiger partial charge in [0, 0.05) is 12.6 Å². The summed E-state index contributed by atoms with van der Waals surface area (Å²) < 4.78 is 93.3.